The summed E-state index contributed by atoms with van der Waals surface area (Å²) in [6, 6.07) is 0. The maximum atomic E-state index is 5.94. The number of rotatable bonds is 3. The van der Waals surface area contributed by atoms with Gasteiger partial charge in [0.05, 0.1) is 11.4 Å². The van der Waals surface area contributed by atoms with Gasteiger partial charge in [0.2, 0.25) is 0 Å². The molecule has 80 valence electrons. The lowest BCUT2D eigenvalue weighted by atomic mass is 10.3. The predicted octanol–water partition coefficient (Wildman–Crippen LogP) is 2.57. The van der Waals surface area contributed by atoms with Gasteiger partial charge in [0.15, 0.2) is 11.0 Å². The molecule has 0 aliphatic rings. The van der Waals surface area contributed by atoms with Crippen LogP contribution in [0.4, 0.5) is 5.82 Å². The van der Waals surface area contributed by atoms with Crippen LogP contribution in [0.3, 0.4) is 0 Å². The van der Waals surface area contributed by atoms with E-state index in [2.05, 4.69) is 27.1 Å². The number of halogens is 1. The van der Waals surface area contributed by atoms with Crippen molar-refractivity contribution in [3.05, 3.63) is 16.5 Å². The fraction of sp³-hybridized carbons (Fsp3) is 0.455. The summed E-state index contributed by atoms with van der Waals surface area (Å²) in [5.41, 5.74) is 1.75. The molecule has 0 spiro atoms. The van der Waals surface area contributed by atoms with Gasteiger partial charge in [-0.05, 0) is 20.8 Å². The van der Waals surface area contributed by atoms with E-state index in [0.29, 0.717) is 11.0 Å². The van der Waals surface area contributed by atoms with Crippen molar-refractivity contribution in [3.63, 3.8) is 0 Å². The Kier molecular flexibility index (Phi) is 4.38. The zero-order valence-electron chi connectivity index (χ0n) is 9.19. The first kappa shape index (κ1) is 11.8. The SMILES string of the molecule is CC#CCCNc1nc(C)c(C)nc1Cl. The fourth-order valence-corrected chi connectivity index (χ4v) is 1.29. The van der Waals surface area contributed by atoms with Crippen LogP contribution in [0.2, 0.25) is 5.15 Å². The molecule has 0 fully saturated rings. The third kappa shape index (κ3) is 3.41. The molecule has 15 heavy (non-hydrogen) atoms. The molecular weight excluding hydrogens is 210 g/mol. The minimum absolute atomic E-state index is 0.419. The standard InChI is InChI=1S/C11H14ClN3/c1-4-5-6-7-13-11-10(12)14-8(2)9(3)15-11/h6-7H2,1-3H3,(H,13,15). The highest BCUT2D eigenvalue weighted by atomic mass is 35.5. The van der Waals surface area contributed by atoms with Gasteiger partial charge in [0, 0.05) is 13.0 Å². The first-order valence-corrected chi connectivity index (χ1v) is 5.17. The van der Waals surface area contributed by atoms with Crippen LogP contribution in [0, 0.1) is 25.7 Å². The predicted molar refractivity (Wildman–Crippen MR) is 63.1 cm³/mol. The van der Waals surface area contributed by atoms with Gasteiger partial charge in [-0.25, -0.2) is 9.97 Å². The van der Waals surface area contributed by atoms with Crippen molar-refractivity contribution >= 4 is 17.4 Å². The molecule has 0 atom stereocenters. The Bertz CT molecular complexity index is 404. The van der Waals surface area contributed by atoms with Crippen molar-refractivity contribution < 1.29 is 0 Å². The van der Waals surface area contributed by atoms with Crippen LogP contribution in [-0.4, -0.2) is 16.5 Å². The van der Waals surface area contributed by atoms with E-state index in [1.54, 1.807) is 0 Å². The maximum Gasteiger partial charge on any atom is 0.171 e. The average molecular weight is 224 g/mol. The molecule has 0 aliphatic heterocycles. The number of aryl methyl sites for hydroxylation is 2. The molecule has 1 heterocycles. The fourth-order valence-electron chi connectivity index (χ4n) is 1.06. The Morgan fingerprint density at radius 2 is 1.93 bits per heavy atom. The number of hydrogen-bond acceptors (Lipinski definition) is 3. The number of hydrogen-bond donors (Lipinski definition) is 1. The van der Waals surface area contributed by atoms with Gasteiger partial charge in [-0.1, -0.05) is 11.6 Å². The Morgan fingerprint density at radius 3 is 2.60 bits per heavy atom. The molecular formula is C11H14ClN3. The van der Waals surface area contributed by atoms with Crippen molar-refractivity contribution in [2.75, 3.05) is 11.9 Å². The molecule has 1 aromatic rings. The summed E-state index contributed by atoms with van der Waals surface area (Å²) in [6.07, 6.45) is 0.779. The Labute approximate surface area is 95.3 Å². The topological polar surface area (TPSA) is 37.8 Å². The van der Waals surface area contributed by atoms with E-state index in [1.165, 1.54) is 0 Å². The third-order valence-electron chi connectivity index (χ3n) is 1.98. The molecule has 0 unspecified atom stereocenters. The molecule has 0 bridgehead atoms. The van der Waals surface area contributed by atoms with Gasteiger partial charge in [0.1, 0.15) is 0 Å². The molecule has 0 saturated carbocycles. The molecule has 0 aliphatic carbocycles. The lowest BCUT2D eigenvalue weighted by molar-refractivity contribution is 1.01. The van der Waals surface area contributed by atoms with Gasteiger partial charge in [0.25, 0.3) is 0 Å². The van der Waals surface area contributed by atoms with Crippen LogP contribution < -0.4 is 5.32 Å². The second kappa shape index (κ2) is 5.57. The summed E-state index contributed by atoms with van der Waals surface area (Å²) in [5.74, 6) is 6.43. The second-order valence-corrected chi connectivity index (χ2v) is 3.50. The molecule has 3 nitrogen and oxygen atoms in total. The van der Waals surface area contributed by atoms with Crippen LogP contribution in [0.25, 0.3) is 0 Å². The monoisotopic (exact) mass is 223 g/mol. The van der Waals surface area contributed by atoms with Crippen molar-refractivity contribution in [2.24, 2.45) is 0 Å². The van der Waals surface area contributed by atoms with Gasteiger partial charge in [-0.15, -0.1) is 11.8 Å². The summed E-state index contributed by atoms with van der Waals surface area (Å²) in [6.45, 7) is 6.36. The number of nitrogens with one attached hydrogen (secondary N) is 1. The van der Waals surface area contributed by atoms with Crippen molar-refractivity contribution in [1.29, 1.82) is 0 Å². The zero-order chi connectivity index (χ0) is 11.3. The summed E-state index contributed by atoms with van der Waals surface area (Å²) in [5, 5.41) is 3.53. The Morgan fingerprint density at radius 1 is 1.27 bits per heavy atom. The van der Waals surface area contributed by atoms with E-state index in [1.807, 2.05) is 20.8 Å². The van der Waals surface area contributed by atoms with E-state index in [-0.39, 0.29) is 0 Å². The third-order valence-corrected chi connectivity index (χ3v) is 2.25. The smallest absolute Gasteiger partial charge is 0.171 e. The van der Waals surface area contributed by atoms with Gasteiger partial charge in [-0.3, -0.25) is 0 Å². The molecule has 1 aromatic heterocycles. The largest absolute Gasteiger partial charge is 0.367 e. The summed E-state index contributed by atoms with van der Waals surface area (Å²) in [7, 11) is 0. The lowest BCUT2D eigenvalue weighted by Crippen LogP contribution is -2.06. The lowest BCUT2D eigenvalue weighted by Gasteiger charge is -2.07. The molecule has 0 radical (unpaired) electrons. The first-order valence-electron chi connectivity index (χ1n) is 4.79. The number of aromatic nitrogens is 2. The van der Waals surface area contributed by atoms with Crippen LogP contribution in [0.1, 0.15) is 24.7 Å². The maximum absolute atomic E-state index is 5.94. The Hall–Kier alpha value is -1.27. The highest BCUT2D eigenvalue weighted by Gasteiger charge is 2.05. The van der Waals surface area contributed by atoms with Gasteiger partial charge >= 0.3 is 0 Å². The minimum Gasteiger partial charge on any atom is -0.367 e. The normalized spacial score (nSPS) is 9.33. The van der Waals surface area contributed by atoms with E-state index in [4.69, 9.17) is 11.6 Å². The van der Waals surface area contributed by atoms with E-state index in [9.17, 15) is 0 Å². The van der Waals surface area contributed by atoms with E-state index < -0.39 is 0 Å². The number of anilines is 1. The van der Waals surface area contributed by atoms with Crippen LogP contribution >= 0.6 is 11.6 Å². The highest BCUT2D eigenvalue weighted by Crippen LogP contribution is 2.17. The van der Waals surface area contributed by atoms with Crippen molar-refractivity contribution in [2.45, 2.75) is 27.2 Å². The van der Waals surface area contributed by atoms with Crippen molar-refractivity contribution in [1.82, 2.24) is 9.97 Å². The molecule has 0 aromatic carbocycles. The van der Waals surface area contributed by atoms with Crippen molar-refractivity contribution in [3.8, 4) is 11.8 Å². The van der Waals surface area contributed by atoms with E-state index in [0.717, 1.165) is 24.4 Å². The quantitative estimate of drug-likeness (QED) is 0.632. The Balaban J connectivity index is 2.67. The number of nitrogens with zero attached hydrogens (tertiary/aromatic N) is 2. The minimum atomic E-state index is 0.419. The first-order chi connectivity index (χ1) is 7.15. The highest BCUT2D eigenvalue weighted by molar-refractivity contribution is 6.31. The van der Waals surface area contributed by atoms with Crippen LogP contribution in [0.15, 0.2) is 0 Å². The summed E-state index contributed by atoms with van der Waals surface area (Å²) in [4.78, 5) is 8.49. The van der Waals surface area contributed by atoms with Crippen LogP contribution in [-0.2, 0) is 0 Å². The molecule has 1 N–H and O–H groups in total. The molecule has 0 amide bonds. The molecule has 4 heteroatoms. The van der Waals surface area contributed by atoms with Gasteiger partial charge < -0.3 is 5.32 Å². The van der Waals surface area contributed by atoms with Crippen LogP contribution in [0.5, 0.6) is 0 Å². The van der Waals surface area contributed by atoms with E-state index >= 15 is 0 Å². The molecule has 0 saturated heterocycles. The zero-order valence-corrected chi connectivity index (χ0v) is 9.94. The summed E-state index contributed by atoms with van der Waals surface area (Å²) >= 11 is 5.94. The van der Waals surface area contributed by atoms with Gasteiger partial charge in [-0.2, -0.15) is 0 Å². The second-order valence-electron chi connectivity index (χ2n) is 3.14. The molecule has 1 rings (SSSR count). The average Bonchev–Trinajstić information content (AvgIpc) is 2.20. The summed E-state index contributed by atoms with van der Waals surface area (Å²) < 4.78 is 0.